The van der Waals surface area contributed by atoms with Crippen molar-refractivity contribution < 1.29 is 23.1 Å². The van der Waals surface area contributed by atoms with Crippen molar-refractivity contribution >= 4 is 21.7 Å². The summed E-state index contributed by atoms with van der Waals surface area (Å²) >= 11 is 0. The Morgan fingerprint density at radius 1 is 1.11 bits per heavy atom. The van der Waals surface area contributed by atoms with Crippen molar-refractivity contribution in [1.29, 1.82) is 0 Å². The number of phenolic OH excluding ortho intramolecular Hbond substituents is 1. The number of benzene rings is 2. The topological polar surface area (TPSA) is 113 Å². The summed E-state index contributed by atoms with van der Waals surface area (Å²) in [5.74, 6) is -0.359. The Labute approximate surface area is 158 Å². The maximum Gasteiger partial charge on any atom is 0.240 e. The molecule has 27 heavy (non-hydrogen) atoms. The van der Waals surface area contributed by atoms with Gasteiger partial charge in [-0.25, -0.2) is 13.1 Å². The van der Waals surface area contributed by atoms with Crippen LogP contribution in [0, 0.1) is 0 Å². The van der Waals surface area contributed by atoms with Gasteiger partial charge >= 0.3 is 0 Å². The second-order valence-corrected chi connectivity index (χ2v) is 7.88. The first-order valence-corrected chi connectivity index (χ1v) is 9.86. The fourth-order valence-corrected chi connectivity index (χ4v) is 3.47. The third-order valence-corrected chi connectivity index (χ3v) is 5.44. The summed E-state index contributed by atoms with van der Waals surface area (Å²) < 4.78 is 26.8. The highest BCUT2D eigenvalue weighted by molar-refractivity contribution is 7.89. The van der Waals surface area contributed by atoms with Gasteiger partial charge in [0, 0.05) is 18.5 Å². The average Bonchev–Trinajstić information content (AvgIpc) is 2.61. The van der Waals surface area contributed by atoms with Gasteiger partial charge < -0.3 is 10.4 Å². The number of nitrogens with one attached hydrogen (secondary N) is 2. The van der Waals surface area contributed by atoms with Crippen LogP contribution in [0.1, 0.15) is 42.2 Å². The minimum atomic E-state index is -3.76. The highest BCUT2D eigenvalue weighted by Crippen LogP contribution is 2.17. The lowest BCUT2D eigenvalue weighted by atomic mass is 10.1. The van der Waals surface area contributed by atoms with Crippen LogP contribution in [-0.4, -0.2) is 31.8 Å². The van der Waals surface area contributed by atoms with E-state index in [4.69, 9.17) is 0 Å². The number of hydrogen-bond donors (Lipinski definition) is 3. The Balaban J connectivity index is 1.87. The van der Waals surface area contributed by atoms with E-state index in [0.717, 1.165) is 5.56 Å². The third kappa shape index (κ3) is 5.90. The smallest absolute Gasteiger partial charge is 0.240 e. The summed E-state index contributed by atoms with van der Waals surface area (Å²) in [4.78, 5) is 23.3. The molecule has 0 saturated carbocycles. The van der Waals surface area contributed by atoms with E-state index in [9.17, 15) is 23.1 Å². The van der Waals surface area contributed by atoms with Gasteiger partial charge in [-0.05, 0) is 43.7 Å². The number of hydrogen-bond acceptors (Lipinski definition) is 5. The van der Waals surface area contributed by atoms with Gasteiger partial charge in [0.25, 0.3) is 0 Å². The molecule has 2 rings (SSSR count). The monoisotopic (exact) mass is 390 g/mol. The third-order valence-electron chi connectivity index (χ3n) is 3.96. The lowest BCUT2D eigenvalue weighted by molar-refractivity contribution is -0.121. The molecule has 2 aromatic carbocycles. The van der Waals surface area contributed by atoms with Crippen LogP contribution in [0.15, 0.2) is 53.4 Å². The molecule has 0 fully saturated rings. The number of ketones is 1. The van der Waals surface area contributed by atoms with E-state index < -0.39 is 10.0 Å². The molecule has 1 atom stereocenters. The molecule has 8 heteroatoms. The highest BCUT2D eigenvalue weighted by atomic mass is 32.2. The van der Waals surface area contributed by atoms with Crippen molar-refractivity contribution in [3.05, 3.63) is 59.7 Å². The number of phenols is 1. The Morgan fingerprint density at radius 2 is 1.78 bits per heavy atom. The van der Waals surface area contributed by atoms with E-state index in [1.165, 1.54) is 37.3 Å². The number of rotatable bonds is 8. The molecule has 0 bridgehead atoms. The number of amides is 1. The maximum atomic E-state index is 12.2. The molecule has 1 unspecified atom stereocenters. The fourth-order valence-electron chi connectivity index (χ4n) is 2.44. The first-order valence-electron chi connectivity index (χ1n) is 8.38. The summed E-state index contributed by atoms with van der Waals surface area (Å²) in [5, 5.41) is 12.2. The van der Waals surface area contributed by atoms with Crippen LogP contribution in [0.3, 0.4) is 0 Å². The largest absolute Gasteiger partial charge is 0.508 e. The fraction of sp³-hybridized carbons (Fsp3) is 0.263. The summed E-state index contributed by atoms with van der Waals surface area (Å²) in [6.07, 6.45) is -0.0338. The van der Waals surface area contributed by atoms with Crippen molar-refractivity contribution in [3.63, 3.8) is 0 Å². The molecule has 144 valence electrons. The number of sulfonamides is 1. The minimum Gasteiger partial charge on any atom is -0.508 e. The van der Waals surface area contributed by atoms with Gasteiger partial charge in [0.2, 0.25) is 15.9 Å². The van der Waals surface area contributed by atoms with Crippen molar-refractivity contribution in [2.75, 3.05) is 6.54 Å². The van der Waals surface area contributed by atoms with Gasteiger partial charge in [-0.2, -0.15) is 0 Å². The molecule has 0 spiro atoms. The Bertz CT molecular complexity index is 923. The molecule has 0 aliphatic rings. The second-order valence-electron chi connectivity index (χ2n) is 6.11. The first kappa shape index (κ1) is 20.6. The zero-order valence-electron chi connectivity index (χ0n) is 15.1. The molecule has 0 aliphatic heterocycles. The molecule has 0 aromatic heterocycles. The number of carbonyl (C=O) groups is 2. The van der Waals surface area contributed by atoms with Crippen LogP contribution in [0.25, 0.3) is 0 Å². The Morgan fingerprint density at radius 3 is 2.37 bits per heavy atom. The molecular formula is C19H22N2O5S. The molecular weight excluding hydrogens is 368 g/mol. The summed E-state index contributed by atoms with van der Waals surface area (Å²) in [6.45, 7) is 3.11. The van der Waals surface area contributed by atoms with Crippen molar-refractivity contribution in [3.8, 4) is 5.75 Å². The zero-order valence-corrected chi connectivity index (χ0v) is 15.9. The van der Waals surface area contributed by atoms with Crippen LogP contribution in [0.4, 0.5) is 0 Å². The standard InChI is InChI=1S/C19H22N2O5S/c1-13(16-4-3-5-17(23)12-16)21-19(24)10-11-20-27(25,26)18-8-6-15(7-9-18)14(2)22/h3-9,12-13,20,23H,10-11H2,1-2H3,(H,21,24). The molecule has 1 amide bonds. The quantitative estimate of drug-likeness (QED) is 0.598. The molecule has 3 N–H and O–H groups in total. The number of carbonyl (C=O) groups excluding carboxylic acids is 2. The van der Waals surface area contributed by atoms with Crippen molar-refractivity contribution in [1.82, 2.24) is 10.0 Å². The van der Waals surface area contributed by atoms with Crippen LogP contribution in [0.2, 0.25) is 0 Å². The number of aromatic hydroxyl groups is 1. The predicted octanol–water partition coefficient (Wildman–Crippen LogP) is 2.14. The molecule has 0 radical (unpaired) electrons. The van der Waals surface area contributed by atoms with E-state index >= 15 is 0 Å². The van der Waals surface area contributed by atoms with Gasteiger partial charge in [0.05, 0.1) is 10.9 Å². The van der Waals surface area contributed by atoms with Gasteiger partial charge in [0.15, 0.2) is 5.78 Å². The van der Waals surface area contributed by atoms with Crippen molar-refractivity contribution in [2.45, 2.75) is 31.2 Å². The van der Waals surface area contributed by atoms with E-state index in [1.807, 2.05) is 0 Å². The van der Waals surface area contributed by atoms with Crippen LogP contribution < -0.4 is 10.0 Å². The van der Waals surface area contributed by atoms with Crippen LogP contribution >= 0.6 is 0 Å². The lowest BCUT2D eigenvalue weighted by Gasteiger charge is -2.15. The SMILES string of the molecule is CC(=O)c1ccc(S(=O)(=O)NCCC(=O)NC(C)c2cccc(O)c2)cc1. The van der Waals surface area contributed by atoms with E-state index in [2.05, 4.69) is 10.0 Å². The van der Waals surface area contributed by atoms with Gasteiger partial charge in [0.1, 0.15) is 5.75 Å². The Kier molecular flexibility index (Phi) is 6.70. The molecule has 0 heterocycles. The molecule has 2 aromatic rings. The summed E-state index contributed by atoms with van der Waals surface area (Å²) in [7, 11) is -3.76. The van der Waals surface area contributed by atoms with Crippen LogP contribution in [-0.2, 0) is 14.8 Å². The lowest BCUT2D eigenvalue weighted by Crippen LogP contribution is -2.32. The van der Waals surface area contributed by atoms with Crippen molar-refractivity contribution in [2.24, 2.45) is 0 Å². The van der Waals surface area contributed by atoms with Gasteiger partial charge in [-0.15, -0.1) is 0 Å². The second kappa shape index (κ2) is 8.79. The molecule has 0 saturated heterocycles. The molecule has 7 nitrogen and oxygen atoms in total. The van der Waals surface area contributed by atoms with Gasteiger partial charge in [-0.3, -0.25) is 9.59 Å². The van der Waals surface area contributed by atoms with E-state index in [1.54, 1.807) is 25.1 Å². The van der Waals surface area contributed by atoms with Gasteiger partial charge in [-0.1, -0.05) is 24.3 Å². The maximum absolute atomic E-state index is 12.2. The minimum absolute atomic E-state index is 0.0287. The highest BCUT2D eigenvalue weighted by Gasteiger charge is 2.15. The Hall–Kier alpha value is -2.71. The molecule has 0 aliphatic carbocycles. The first-order chi connectivity index (χ1) is 12.7. The normalized spacial score (nSPS) is 12.4. The predicted molar refractivity (Wildman–Crippen MR) is 101 cm³/mol. The average molecular weight is 390 g/mol. The summed E-state index contributed by atoms with van der Waals surface area (Å²) in [6, 6.07) is 11.8. The van der Waals surface area contributed by atoms with Crippen LogP contribution in [0.5, 0.6) is 5.75 Å². The van der Waals surface area contributed by atoms with E-state index in [0.29, 0.717) is 5.56 Å². The zero-order chi connectivity index (χ0) is 20.0. The van der Waals surface area contributed by atoms with E-state index in [-0.39, 0.29) is 41.3 Å². The number of Topliss-reactive ketones (excluding diaryl/α,β-unsaturated/α-hetero) is 1. The summed E-state index contributed by atoms with van der Waals surface area (Å²) in [5.41, 5.74) is 1.17.